The number of benzene rings is 2. The number of hydrogen-bond acceptors (Lipinski definition) is 5. The number of anilines is 2. The number of carbonyl (C=O) groups excluding carboxylic acids is 1. The molecule has 1 saturated heterocycles. The van der Waals surface area contributed by atoms with Crippen molar-refractivity contribution in [1.29, 1.82) is 0 Å². The number of ether oxygens (including phenoxy) is 1. The summed E-state index contributed by atoms with van der Waals surface area (Å²) < 4.78 is 34.5. The molecule has 186 valence electrons. The van der Waals surface area contributed by atoms with Gasteiger partial charge in [-0.25, -0.2) is 13.8 Å². The van der Waals surface area contributed by atoms with Crippen molar-refractivity contribution in [3.63, 3.8) is 0 Å². The number of rotatable bonds is 7. The van der Waals surface area contributed by atoms with Crippen LogP contribution in [0.5, 0.6) is 5.75 Å². The average Bonchev–Trinajstić information content (AvgIpc) is 3.18. The fourth-order valence-corrected chi connectivity index (χ4v) is 4.23. The van der Waals surface area contributed by atoms with Crippen molar-refractivity contribution in [3.05, 3.63) is 59.4 Å². The molecular formula is C25H30F2N5O3+. The van der Waals surface area contributed by atoms with Gasteiger partial charge in [-0.2, -0.15) is 0 Å². The second kappa shape index (κ2) is 9.91. The zero-order chi connectivity index (χ0) is 25.2. The standard InChI is InChI=1S/C25H29F2N5O3/c1-4-25(26,27)18-6-5-7-19(15-18)30-24(33)22-16(2)29-23(32(22)34)17-8-9-21(35-3)20(14-17)31-12-10-28-11-13-31/h5-9,14-15,28,34H,4,10-13H2,1-3H3,(H,30,33)/p+1. The highest BCUT2D eigenvalue weighted by Crippen LogP contribution is 2.34. The third kappa shape index (κ3) is 4.93. The summed E-state index contributed by atoms with van der Waals surface area (Å²) in [5.74, 6) is -2.59. The molecule has 2 aromatic carbocycles. The Morgan fingerprint density at radius 3 is 2.66 bits per heavy atom. The van der Waals surface area contributed by atoms with Gasteiger partial charge in [0.15, 0.2) is 5.69 Å². The molecule has 1 aromatic heterocycles. The fraction of sp³-hybridized carbons (Fsp3) is 0.360. The molecule has 2 heterocycles. The summed E-state index contributed by atoms with van der Waals surface area (Å²) in [5, 5.41) is 16.8. The van der Waals surface area contributed by atoms with Crippen LogP contribution in [0.2, 0.25) is 0 Å². The van der Waals surface area contributed by atoms with Crippen LogP contribution in [0, 0.1) is 6.92 Å². The molecular weight excluding hydrogens is 456 g/mol. The molecule has 4 rings (SSSR count). The summed E-state index contributed by atoms with van der Waals surface area (Å²) in [6, 6.07) is 11.1. The molecule has 35 heavy (non-hydrogen) atoms. The summed E-state index contributed by atoms with van der Waals surface area (Å²) in [6.07, 6.45) is -0.348. The molecule has 0 unspecified atom stereocenters. The van der Waals surface area contributed by atoms with Gasteiger partial charge in [-0.15, -0.1) is 0 Å². The smallest absolute Gasteiger partial charge is 0.327 e. The van der Waals surface area contributed by atoms with Gasteiger partial charge in [0, 0.05) is 50.8 Å². The lowest BCUT2D eigenvalue weighted by Crippen LogP contribution is -2.43. The molecule has 0 saturated carbocycles. The molecule has 1 amide bonds. The lowest BCUT2D eigenvalue weighted by Gasteiger charge is -2.30. The van der Waals surface area contributed by atoms with E-state index in [4.69, 9.17) is 4.74 Å². The summed E-state index contributed by atoms with van der Waals surface area (Å²) in [5.41, 5.74) is 1.99. The zero-order valence-corrected chi connectivity index (χ0v) is 20.0. The summed E-state index contributed by atoms with van der Waals surface area (Å²) in [7, 11) is 1.61. The van der Waals surface area contributed by atoms with Crippen molar-refractivity contribution >= 4 is 17.3 Å². The SMILES string of the molecule is CCC(F)(F)c1cccc(NC(=O)c2c(C)[nH]c(-c3ccc(OC)c(N4CCNCC4)c3)[n+]2O)c1. The predicted molar refractivity (Wildman–Crippen MR) is 129 cm³/mol. The van der Waals surface area contributed by atoms with Crippen LogP contribution in [-0.4, -0.2) is 49.4 Å². The highest BCUT2D eigenvalue weighted by molar-refractivity contribution is 6.02. The third-order valence-corrected chi connectivity index (χ3v) is 6.20. The molecule has 0 bridgehead atoms. The Morgan fingerprint density at radius 2 is 1.97 bits per heavy atom. The van der Waals surface area contributed by atoms with Crippen LogP contribution in [0.3, 0.4) is 0 Å². The topological polar surface area (TPSA) is 93.5 Å². The summed E-state index contributed by atoms with van der Waals surface area (Å²) in [4.78, 5) is 18.3. The van der Waals surface area contributed by atoms with Gasteiger partial charge in [0.2, 0.25) is 0 Å². The number of H-pyrrole nitrogens is 1. The van der Waals surface area contributed by atoms with Crippen LogP contribution in [0.1, 0.15) is 35.1 Å². The highest BCUT2D eigenvalue weighted by Gasteiger charge is 2.32. The minimum Gasteiger partial charge on any atom is -0.495 e. The maximum atomic E-state index is 14.1. The van der Waals surface area contributed by atoms with Crippen molar-refractivity contribution in [1.82, 2.24) is 10.3 Å². The minimum atomic E-state index is -2.99. The van der Waals surface area contributed by atoms with E-state index >= 15 is 0 Å². The van der Waals surface area contributed by atoms with Crippen LogP contribution < -0.4 is 25.0 Å². The van der Waals surface area contributed by atoms with E-state index in [2.05, 4.69) is 20.5 Å². The highest BCUT2D eigenvalue weighted by atomic mass is 19.3. The van der Waals surface area contributed by atoms with Crippen LogP contribution in [-0.2, 0) is 5.92 Å². The second-order valence-electron chi connectivity index (χ2n) is 8.48. The number of aryl methyl sites for hydroxylation is 1. The van der Waals surface area contributed by atoms with E-state index in [9.17, 15) is 18.8 Å². The van der Waals surface area contributed by atoms with E-state index in [1.165, 1.54) is 31.2 Å². The Labute approximate surface area is 202 Å². The normalized spacial score (nSPS) is 14.1. The number of imidazole rings is 1. The molecule has 10 heteroatoms. The van der Waals surface area contributed by atoms with Gasteiger partial charge in [0.1, 0.15) is 5.75 Å². The molecule has 0 aliphatic carbocycles. The molecule has 0 radical (unpaired) electrons. The van der Waals surface area contributed by atoms with Crippen LogP contribution >= 0.6 is 0 Å². The van der Waals surface area contributed by atoms with E-state index in [1.807, 2.05) is 12.1 Å². The third-order valence-electron chi connectivity index (χ3n) is 6.20. The molecule has 0 atom stereocenters. The molecule has 8 nitrogen and oxygen atoms in total. The summed E-state index contributed by atoms with van der Waals surface area (Å²) >= 11 is 0. The lowest BCUT2D eigenvalue weighted by molar-refractivity contribution is -0.896. The van der Waals surface area contributed by atoms with Gasteiger partial charge in [0.25, 0.3) is 11.6 Å². The van der Waals surface area contributed by atoms with Crippen molar-refractivity contribution in [2.45, 2.75) is 26.2 Å². The lowest BCUT2D eigenvalue weighted by atomic mass is 10.1. The summed E-state index contributed by atoms with van der Waals surface area (Å²) in [6.45, 7) is 6.39. The number of piperazine rings is 1. The van der Waals surface area contributed by atoms with Crippen LogP contribution in [0.4, 0.5) is 20.2 Å². The fourth-order valence-electron chi connectivity index (χ4n) is 4.23. The number of nitrogens with zero attached hydrogens (tertiary/aromatic N) is 2. The predicted octanol–water partition coefficient (Wildman–Crippen LogP) is 3.69. The number of methoxy groups -OCH3 is 1. The Balaban J connectivity index is 1.64. The molecule has 3 aromatic rings. The largest absolute Gasteiger partial charge is 0.495 e. The first-order valence-corrected chi connectivity index (χ1v) is 11.5. The van der Waals surface area contributed by atoms with E-state index in [0.29, 0.717) is 22.8 Å². The van der Waals surface area contributed by atoms with E-state index in [1.54, 1.807) is 20.1 Å². The van der Waals surface area contributed by atoms with Gasteiger partial charge in [-0.05, 0) is 35.1 Å². The maximum absolute atomic E-state index is 14.1. The Bertz CT molecular complexity index is 1220. The maximum Gasteiger partial charge on any atom is 0.327 e. The molecule has 0 spiro atoms. The number of alkyl halides is 2. The van der Waals surface area contributed by atoms with Gasteiger partial charge < -0.3 is 25.5 Å². The number of carbonyl (C=O) groups is 1. The van der Waals surface area contributed by atoms with Gasteiger partial charge in [0.05, 0.1) is 18.4 Å². The number of nitrogens with one attached hydrogen (secondary N) is 3. The number of hydrogen-bond donors (Lipinski definition) is 4. The van der Waals surface area contributed by atoms with Gasteiger partial charge in [-0.3, -0.25) is 4.79 Å². The first-order valence-electron chi connectivity index (χ1n) is 11.5. The van der Waals surface area contributed by atoms with Crippen LogP contribution in [0.15, 0.2) is 42.5 Å². The Morgan fingerprint density at radius 1 is 1.23 bits per heavy atom. The first kappa shape index (κ1) is 24.5. The van der Waals surface area contributed by atoms with Crippen molar-refractivity contribution in [2.75, 3.05) is 43.5 Å². The molecule has 1 fully saturated rings. The van der Waals surface area contributed by atoms with Crippen molar-refractivity contribution in [2.24, 2.45) is 0 Å². The number of aromatic nitrogens is 2. The minimum absolute atomic E-state index is 0.0211. The van der Waals surface area contributed by atoms with Crippen molar-refractivity contribution in [3.8, 4) is 17.1 Å². The number of aromatic amines is 1. The number of amides is 1. The van der Waals surface area contributed by atoms with Crippen LogP contribution in [0.25, 0.3) is 11.4 Å². The Hall–Kier alpha value is -3.66. The zero-order valence-electron chi connectivity index (χ0n) is 20.0. The van der Waals surface area contributed by atoms with Crippen molar-refractivity contribution < 1.29 is 28.2 Å². The first-order chi connectivity index (χ1) is 16.7. The monoisotopic (exact) mass is 486 g/mol. The Kier molecular flexibility index (Phi) is 6.93. The van der Waals surface area contributed by atoms with Gasteiger partial charge in [-0.1, -0.05) is 19.1 Å². The number of halogens is 2. The van der Waals surface area contributed by atoms with E-state index in [-0.39, 0.29) is 23.4 Å². The average molecular weight is 487 g/mol. The molecule has 4 N–H and O–H groups in total. The quantitative estimate of drug-likeness (QED) is 0.302. The molecule has 1 aliphatic rings. The van der Waals surface area contributed by atoms with Gasteiger partial charge >= 0.3 is 11.7 Å². The van der Waals surface area contributed by atoms with E-state index < -0.39 is 11.8 Å². The second-order valence-corrected chi connectivity index (χ2v) is 8.48. The van der Waals surface area contributed by atoms with E-state index in [0.717, 1.165) is 36.6 Å². The molecule has 1 aliphatic heterocycles.